The zero-order valence-corrected chi connectivity index (χ0v) is 16.0. The van der Waals surface area contributed by atoms with E-state index in [0.29, 0.717) is 13.0 Å². The van der Waals surface area contributed by atoms with Gasteiger partial charge in [-0.25, -0.2) is 0 Å². The molecule has 6 heteroatoms. The lowest BCUT2D eigenvalue weighted by Crippen LogP contribution is -2.25. The number of nitrogens with one attached hydrogen (secondary N) is 1. The highest BCUT2D eigenvalue weighted by Gasteiger charge is 2.22. The number of aryl methyl sites for hydroxylation is 2. The van der Waals surface area contributed by atoms with Crippen molar-refractivity contribution in [3.05, 3.63) is 77.1 Å². The first kappa shape index (κ1) is 18.1. The molecular formula is C22H23N3O3. The minimum atomic E-state index is -0.0642. The molecule has 0 fully saturated rings. The van der Waals surface area contributed by atoms with Crippen LogP contribution in [0.2, 0.25) is 0 Å². The van der Waals surface area contributed by atoms with Crippen molar-refractivity contribution < 1.29 is 14.3 Å². The van der Waals surface area contributed by atoms with Gasteiger partial charge >= 0.3 is 0 Å². The number of nitrogens with zero attached hydrogens (tertiary/aromatic N) is 2. The zero-order valence-electron chi connectivity index (χ0n) is 16.0. The molecular weight excluding hydrogens is 354 g/mol. The number of benzene rings is 2. The second kappa shape index (κ2) is 7.76. The largest absolute Gasteiger partial charge is 0.454 e. The molecule has 2 heterocycles. The first-order chi connectivity index (χ1) is 13.6. The Morgan fingerprint density at radius 1 is 1.14 bits per heavy atom. The molecule has 0 bridgehead atoms. The molecule has 0 spiro atoms. The Hall–Kier alpha value is -3.28. The molecule has 6 nitrogen and oxygen atoms in total. The summed E-state index contributed by atoms with van der Waals surface area (Å²) < 4.78 is 12.7. The first-order valence-electron chi connectivity index (χ1n) is 9.30. The molecule has 1 unspecified atom stereocenters. The third kappa shape index (κ3) is 3.86. The van der Waals surface area contributed by atoms with Crippen molar-refractivity contribution in [2.75, 3.05) is 6.79 Å². The van der Waals surface area contributed by atoms with Crippen molar-refractivity contribution in [1.82, 2.24) is 15.1 Å². The predicted molar refractivity (Wildman–Crippen MR) is 105 cm³/mol. The van der Waals surface area contributed by atoms with Gasteiger partial charge in [0.1, 0.15) is 0 Å². The first-order valence-corrected chi connectivity index (χ1v) is 9.30. The van der Waals surface area contributed by atoms with Crippen LogP contribution in [0.15, 0.2) is 54.7 Å². The van der Waals surface area contributed by atoms with Crippen molar-refractivity contribution in [3.8, 4) is 11.5 Å². The van der Waals surface area contributed by atoms with Crippen LogP contribution in [0.5, 0.6) is 11.5 Å². The molecule has 0 aliphatic carbocycles. The maximum Gasteiger partial charge on any atom is 0.231 e. The Bertz CT molecular complexity index is 982. The molecule has 1 aliphatic heterocycles. The number of carbonyl (C=O) groups excluding carboxylic acids is 1. The van der Waals surface area contributed by atoms with E-state index in [2.05, 4.69) is 10.4 Å². The maximum absolute atomic E-state index is 12.7. The molecule has 144 valence electrons. The lowest BCUT2D eigenvalue weighted by molar-refractivity contribution is -0.121. The summed E-state index contributed by atoms with van der Waals surface area (Å²) in [6, 6.07) is 15.9. The molecule has 1 aromatic heterocycles. The highest BCUT2D eigenvalue weighted by atomic mass is 16.7. The van der Waals surface area contributed by atoms with E-state index in [1.54, 1.807) is 4.68 Å². The van der Waals surface area contributed by atoms with Crippen molar-refractivity contribution in [3.63, 3.8) is 0 Å². The van der Waals surface area contributed by atoms with Gasteiger partial charge in [-0.2, -0.15) is 5.10 Å². The minimum absolute atomic E-state index is 0.00484. The average molecular weight is 377 g/mol. The smallest absolute Gasteiger partial charge is 0.231 e. The summed E-state index contributed by atoms with van der Waals surface area (Å²) in [6.45, 7) is 2.65. The Morgan fingerprint density at radius 3 is 2.68 bits per heavy atom. The highest BCUT2D eigenvalue weighted by molar-refractivity contribution is 5.77. The fourth-order valence-electron chi connectivity index (χ4n) is 3.52. The third-order valence-corrected chi connectivity index (χ3v) is 4.98. The van der Waals surface area contributed by atoms with Gasteiger partial charge in [0, 0.05) is 37.7 Å². The summed E-state index contributed by atoms with van der Waals surface area (Å²) in [6.07, 6.45) is 2.28. The van der Waals surface area contributed by atoms with Crippen LogP contribution < -0.4 is 14.8 Å². The topological polar surface area (TPSA) is 65.4 Å². The molecule has 0 saturated carbocycles. The Kier molecular flexibility index (Phi) is 5.02. The van der Waals surface area contributed by atoms with E-state index in [0.717, 1.165) is 33.9 Å². The zero-order chi connectivity index (χ0) is 19.5. The molecule has 2 aromatic carbocycles. The van der Waals surface area contributed by atoms with Gasteiger partial charge in [0.05, 0.1) is 5.69 Å². The minimum Gasteiger partial charge on any atom is -0.454 e. The quantitative estimate of drug-likeness (QED) is 0.716. The molecule has 1 atom stereocenters. The Balaban J connectivity index is 1.52. The standard InChI is InChI=1S/C22H23N3O3/c1-15-18(13-25(2)24-15)12-23-22(26)11-19(16-6-4-3-5-7-16)17-8-9-20-21(10-17)28-14-27-20/h3-10,13,19H,11-12,14H2,1-2H3,(H,23,26). The molecule has 3 aromatic rings. The van der Waals surface area contributed by atoms with Crippen molar-refractivity contribution >= 4 is 5.91 Å². The van der Waals surface area contributed by atoms with Gasteiger partial charge in [-0.3, -0.25) is 9.48 Å². The van der Waals surface area contributed by atoms with E-state index in [1.807, 2.05) is 68.7 Å². The van der Waals surface area contributed by atoms with Crippen molar-refractivity contribution in [2.24, 2.45) is 7.05 Å². The van der Waals surface area contributed by atoms with E-state index in [1.165, 1.54) is 0 Å². The number of aromatic nitrogens is 2. The average Bonchev–Trinajstić information content (AvgIpc) is 3.30. The number of rotatable bonds is 6. The van der Waals surface area contributed by atoms with Gasteiger partial charge in [-0.05, 0) is 30.2 Å². The normalized spacial score (nSPS) is 13.4. The van der Waals surface area contributed by atoms with E-state index >= 15 is 0 Å². The van der Waals surface area contributed by atoms with E-state index in [9.17, 15) is 4.79 Å². The summed E-state index contributed by atoms with van der Waals surface area (Å²) >= 11 is 0. The molecule has 0 saturated heterocycles. The van der Waals surface area contributed by atoms with Crippen LogP contribution in [0.3, 0.4) is 0 Å². The number of fused-ring (bicyclic) bond motifs is 1. The summed E-state index contributed by atoms with van der Waals surface area (Å²) in [7, 11) is 1.88. The Morgan fingerprint density at radius 2 is 1.93 bits per heavy atom. The lowest BCUT2D eigenvalue weighted by atomic mass is 9.88. The monoisotopic (exact) mass is 377 g/mol. The molecule has 28 heavy (non-hydrogen) atoms. The summed E-state index contributed by atoms with van der Waals surface area (Å²) in [5.74, 6) is 1.40. The van der Waals surface area contributed by atoms with Crippen LogP contribution in [0.4, 0.5) is 0 Å². The van der Waals surface area contributed by atoms with Crippen molar-refractivity contribution in [2.45, 2.75) is 25.8 Å². The van der Waals surface area contributed by atoms with Crippen molar-refractivity contribution in [1.29, 1.82) is 0 Å². The molecule has 1 amide bonds. The van der Waals surface area contributed by atoms with Crippen LogP contribution >= 0.6 is 0 Å². The van der Waals surface area contributed by atoms with Gasteiger partial charge in [0.15, 0.2) is 11.5 Å². The van der Waals surface area contributed by atoms with Crippen LogP contribution in [0.1, 0.15) is 34.7 Å². The highest BCUT2D eigenvalue weighted by Crippen LogP contribution is 2.37. The predicted octanol–water partition coefficient (Wildman–Crippen LogP) is 3.30. The van der Waals surface area contributed by atoms with Crippen LogP contribution in [0, 0.1) is 6.92 Å². The molecule has 1 aliphatic rings. The summed E-state index contributed by atoms with van der Waals surface area (Å²) in [5.41, 5.74) is 4.07. The second-order valence-corrected chi connectivity index (χ2v) is 6.97. The number of amides is 1. The van der Waals surface area contributed by atoms with Crippen LogP contribution in [0.25, 0.3) is 0 Å². The molecule has 1 N–H and O–H groups in total. The van der Waals surface area contributed by atoms with Crippen LogP contribution in [-0.4, -0.2) is 22.5 Å². The number of carbonyl (C=O) groups is 1. The van der Waals surface area contributed by atoms with E-state index < -0.39 is 0 Å². The molecule has 4 rings (SSSR count). The maximum atomic E-state index is 12.7. The summed E-state index contributed by atoms with van der Waals surface area (Å²) in [4.78, 5) is 12.7. The number of hydrogen-bond donors (Lipinski definition) is 1. The third-order valence-electron chi connectivity index (χ3n) is 4.98. The lowest BCUT2D eigenvalue weighted by Gasteiger charge is -2.18. The van der Waals surface area contributed by atoms with Gasteiger partial charge in [-0.15, -0.1) is 0 Å². The SMILES string of the molecule is Cc1nn(C)cc1CNC(=O)CC(c1ccccc1)c1ccc2c(c1)OCO2. The molecule has 0 radical (unpaired) electrons. The van der Waals surface area contributed by atoms with Gasteiger partial charge < -0.3 is 14.8 Å². The number of ether oxygens (including phenoxy) is 2. The van der Waals surface area contributed by atoms with Gasteiger partial charge in [0.2, 0.25) is 12.7 Å². The fourth-order valence-corrected chi connectivity index (χ4v) is 3.52. The summed E-state index contributed by atoms with van der Waals surface area (Å²) in [5, 5.41) is 7.35. The fraction of sp³-hybridized carbons (Fsp3) is 0.273. The van der Waals surface area contributed by atoms with E-state index in [4.69, 9.17) is 9.47 Å². The van der Waals surface area contributed by atoms with E-state index in [-0.39, 0.29) is 18.6 Å². The second-order valence-electron chi connectivity index (χ2n) is 6.97. The van der Waals surface area contributed by atoms with Crippen LogP contribution in [-0.2, 0) is 18.4 Å². The van der Waals surface area contributed by atoms with Gasteiger partial charge in [0.25, 0.3) is 0 Å². The van der Waals surface area contributed by atoms with Gasteiger partial charge in [-0.1, -0.05) is 36.4 Å². The Labute approximate surface area is 164 Å². The number of hydrogen-bond acceptors (Lipinski definition) is 4.